The quantitative estimate of drug-likeness (QED) is 0.0261. The predicted octanol–water partition coefficient (Wildman–Crippen LogP) is 21.3. The van der Waals surface area contributed by atoms with Crippen LogP contribution in [0.5, 0.6) is 0 Å². The number of rotatable bonds is 57. The van der Waals surface area contributed by atoms with Gasteiger partial charge in [-0.15, -0.1) is 0 Å². The van der Waals surface area contributed by atoms with Crippen molar-refractivity contribution in [1.82, 2.24) is 0 Å². The Hall–Kier alpha value is -3.15. The summed E-state index contributed by atoms with van der Waals surface area (Å²) in [6.07, 6.45) is 79.2. The maximum Gasteiger partial charge on any atom is 0.306 e. The average Bonchev–Trinajstić information content (AvgIpc) is 3.39. The lowest BCUT2D eigenvalue weighted by Crippen LogP contribution is -2.30. The Morgan fingerprint density at radius 1 is 0.288 bits per heavy atom. The second-order valence-electron chi connectivity index (χ2n) is 20.9. The highest BCUT2D eigenvalue weighted by Gasteiger charge is 2.19. The lowest BCUT2D eigenvalue weighted by Gasteiger charge is -2.18. The van der Waals surface area contributed by atoms with Crippen LogP contribution >= 0.6 is 0 Å². The largest absolute Gasteiger partial charge is 0.462 e. The third-order valence-corrected chi connectivity index (χ3v) is 13.7. The average molecular weight is 1020 g/mol. The summed E-state index contributed by atoms with van der Waals surface area (Å²) in [5, 5.41) is 0. The van der Waals surface area contributed by atoms with Gasteiger partial charge in [-0.2, -0.15) is 0 Å². The van der Waals surface area contributed by atoms with Crippen LogP contribution in [0.15, 0.2) is 72.9 Å². The molecule has 6 nitrogen and oxygen atoms in total. The predicted molar refractivity (Wildman–Crippen MR) is 316 cm³/mol. The van der Waals surface area contributed by atoms with E-state index in [1.807, 2.05) is 0 Å². The van der Waals surface area contributed by atoms with Crippen LogP contribution in [0.2, 0.25) is 0 Å². The second kappa shape index (κ2) is 61.4. The molecule has 0 bridgehead atoms. The van der Waals surface area contributed by atoms with Gasteiger partial charge in [-0.05, 0) is 83.5 Å². The first-order valence-electron chi connectivity index (χ1n) is 31.4. The van der Waals surface area contributed by atoms with Gasteiger partial charge in [0.05, 0.1) is 0 Å². The van der Waals surface area contributed by atoms with E-state index >= 15 is 0 Å². The number of ether oxygens (including phenoxy) is 3. The van der Waals surface area contributed by atoms with Crippen molar-refractivity contribution in [1.29, 1.82) is 0 Å². The molecule has 1 atom stereocenters. The summed E-state index contributed by atoms with van der Waals surface area (Å²) in [5.74, 6) is -0.907. The lowest BCUT2D eigenvalue weighted by molar-refractivity contribution is -0.167. The van der Waals surface area contributed by atoms with E-state index in [2.05, 4.69) is 93.7 Å². The Morgan fingerprint density at radius 2 is 0.534 bits per heavy atom. The topological polar surface area (TPSA) is 78.9 Å². The van der Waals surface area contributed by atoms with Gasteiger partial charge in [0.1, 0.15) is 13.2 Å². The van der Waals surface area contributed by atoms with Crippen molar-refractivity contribution in [2.75, 3.05) is 13.2 Å². The fraction of sp³-hybridized carbons (Fsp3) is 0.776. The van der Waals surface area contributed by atoms with E-state index < -0.39 is 6.10 Å². The van der Waals surface area contributed by atoms with Crippen LogP contribution in [-0.4, -0.2) is 37.2 Å². The minimum absolute atomic E-state index is 0.0858. The maximum atomic E-state index is 12.9. The van der Waals surface area contributed by atoms with Gasteiger partial charge in [-0.3, -0.25) is 14.4 Å². The molecule has 0 heterocycles. The van der Waals surface area contributed by atoms with Gasteiger partial charge >= 0.3 is 17.9 Å². The molecule has 422 valence electrons. The standard InChI is InChI=1S/C67H118O6/c1-4-7-10-13-16-19-22-25-28-29-30-31-32-33-34-35-36-37-40-42-45-48-51-54-57-60-66(69)72-63-64(73-67(70)61-58-55-52-49-46-43-39-27-24-21-18-15-12-9-6-3)62-71-65(68)59-56-53-50-47-44-41-38-26-23-20-17-14-11-8-5-2/h8-9,11-12,17-18,20-21,26-27,38-39,64H,4-7,10,13-16,19,22-25,28-37,40-63H2,1-3H3/b11-8-,12-9-,20-17-,21-18-,38-26-,39-27-. The minimum Gasteiger partial charge on any atom is -0.462 e. The molecule has 73 heavy (non-hydrogen) atoms. The third kappa shape index (κ3) is 59.6. The number of hydrogen-bond acceptors (Lipinski definition) is 6. The molecular weight excluding hydrogens is 901 g/mol. The first-order chi connectivity index (χ1) is 36.0. The number of carbonyl (C=O) groups is 3. The monoisotopic (exact) mass is 1020 g/mol. The first-order valence-corrected chi connectivity index (χ1v) is 31.4. The van der Waals surface area contributed by atoms with Crippen LogP contribution in [-0.2, 0) is 28.6 Å². The van der Waals surface area contributed by atoms with Gasteiger partial charge in [-0.1, -0.05) is 286 Å². The second-order valence-corrected chi connectivity index (χ2v) is 20.9. The van der Waals surface area contributed by atoms with E-state index in [1.165, 1.54) is 141 Å². The summed E-state index contributed by atoms with van der Waals surface area (Å²) in [5.41, 5.74) is 0. The van der Waals surface area contributed by atoms with Crippen LogP contribution in [0.25, 0.3) is 0 Å². The lowest BCUT2D eigenvalue weighted by atomic mass is 10.0. The molecule has 0 amide bonds. The van der Waals surface area contributed by atoms with Gasteiger partial charge < -0.3 is 14.2 Å². The van der Waals surface area contributed by atoms with Crippen molar-refractivity contribution in [3.05, 3.63) is 72.9 Å². The van der Waals surface area contributed by atoms with Crippen LogP contribution in [0.3, 0.4) is 0 Å². The van der Waals surface area contributed by atoms with E-state index in [4.69, 9.17) is 14.2 Å². The zero-order valence-corrected chi connectivity index (χ0v) is 48.4. The molecule has 0 spiro atoms. The van der Waals surface area contributed by atoms with Gasteiger partial charge in [0, 0.05) is 19.3 Å². The van der Waals surface area contributed by atoms with Crippen molar-refractivity contribution in [3.8, 4) is 0 Å². The number of allylic oxidation sites excluding steroid dienone is 12. The molecule has 0 aliphatic heterocycles. The first kappa shape index (κ1) is 69.8. The van der Waals surface area contributed by atoms with Crippen molar-refractivity contribution >= 4 is 17.9 Å². The van der Waals surface area contributed by atoms with Gasteiger partial charge in [0.2, 0.25) is 0 Å². The molecule has 0 rings (SSSR count). The van der Waals surface area contributed by atoms with Gasteiger partial charge in [0.25, 0.3) is 0 Å². The van der Waals surface area contributed by atoms with Crippen LogP contribution < -0.4 is 0 Å². The fourth-order valence-corrected chi connectivity index (χ4v) is 9.06. The summed E-state index contributed by atoms with van der Waals surface area (Å²) in [7, 11) is 0. The van der Waals surface area contributed by atoms with E-state index in [-0.39, 0.29) is 31.1 Å². The molecule has 0 aromatic rings. The van der Waals surface area contributed by atoms with Crippen LogP contribution in [0.4, 0.5) is 0 Å². The number of unbranched alkanes of at least 4 members (excludes halogenated alkanes) is 34. The molecule has 0 saturated carbocycles. The molecule has 0 aliphatic rings. The highest BCUT2D eigenvalue weighted by Crippen LogP contribution is 2.17. The smallest absolute Gasteiger partial charge is 0.306 e. The SMILES string of the molecule is CC/C=C\C/C=C\C/C=C\CCCCCCCC(=O)OCC(COC(=O)CCCCCCCCCCCCCCCCCCCCCCCCCCC)OC(=O)CCCCCCC/C=C\C/C=C\C/C=C\CC. The van der Waals surface area contributed by atoms with E-state index in [0.29, 0.717) is 19.3 Å². The molecule has 0 fully saturated rings. The van der Waals surface area contributed by atoms with Crippen molar-refractivity contribution in [2.45, 2.75) is 322 Å². The molecular formula is C67H118O6. The van der Waals surface area contributed by atoms with E-state index in [0.717, 1.165) is 135 Å². The van der Waals surface area contributed by atoms with Crippen molar-refractivity contribution < 1.29 is 28.6 Å². The Bertz CT molecular complexity index is 1360. The Kier molecular flexibility index (Phi) is 58.7. The summed E-state index contributed by atoms with van der Waals surface area (Å²) >= 11 is 0. The number of hydrogen-bond donors (Lipinski definition) is 0. The van der Waals surface area contributed by atoms with Crippen LogP contribution in [0, 0.1) is 0 Å². The fourth-order valence-electron chi connectivity index (χ4n) is 9.06. The van der Waals surface area contributed by atoms with Crippen molar-refractivity contribution in [2.24, 2.45) is 0 Å². The molecule has 6 heteroatoms. The Morgan fingerprint density at radius 3 is 0.836 bits per heavy atom. The minimum atomic E-state index is -0.791. The highest BCUT2D eigenvalue weighted by molar-refractivity contribution is 5.71. The molecule has 0 N–H and O–H groups in total. The molecule has 0 radical (unpaired) electrons. The molecule has 0 aromatic heterocycles. The summed E-state index contributed by atoms with van der Waals surface area (Å²) in [6.45, 7) is 6.43. The highest BCUT2D eigenvalue weighted by atomic mass is 16.6. The zero-order chi connectivity index (χ0) is 52.9. The summed E-state index contributed by atoms with van der Waals surface area (Å²) in [4.78, 5) is 38.2. The van der Waals surface area contributed by atoms with Crippen molar-refractivity contribution in [3.63, 3.8) is 0 Å². The molecule has 0 aromatic carbocycles. The van der Waals surface area contributed by atoms with Gasteiger partial charge in [-0.25, -0.2) is 0 Å². The van der Waals surface area contributed by atoms with E-state index in [9.17, 15) is 14.4 Å². The normalized spacial score (nSPS) is 12.5. The van der Waals surface area contributed by atoms with Gasteiger partial charge in [0.15, 0.2) is 6.10 Å². The molecule has 1 unspecified atom stereocenters. The maximum absolute atomic E-state index is 12.9. The number of carbonyl (C=O) groups excluding carboxylic acids is 3. The summed E-state index contributed by atoms with van der Waals surface area (Å²) in [6, 6.07) is 0. The Balaban J connectivity index is 4.28. The Labute approximate surface area is 453 Å². The third-order valence-electron chi connectivity index (χ3n) is 13.7. The van der Waals surface area contributed by atoms with Crippen LogP contribution in [0.1, 0.15) is 316 Å². The molecule has 0 saturated heterocycles. The van der Waals surface area contributed by atoms with E-state index in [1.54, 1.807) is 0 Å². The molecule has 0 aliphatic carbocycles. The summed E-state index contributed by atoms with van der Waals surface area (Å²) < 4.78 is 16.9. The zero-order valence-electron chi connectivity index (χ0n) is 48.4. The number of esters is 3.